The SMILES string of the molecule is CC(=O)c1ccc(N2CCN(Cn3nc(C)c([N+](=O)[O-])c3C)CC2)cc1. The summed E-state index contributed by atoms with van der Waals surface area (Å²) in [6.45, 7) is 8.95. The predicted octanol–water partition coefficient (Wildman–Crippen LogP) is 2.39. The summed E-state index contributed by atoms with van der Waals surface area (Å²) in [5.74, 6) is 0.0698. The van der Waals surface area contributed by atoms with Crippen LogP contribution in [0.25, 0.3) is 0 Å². The first-order chi connectivity index (χ1) is 12.4. The highest BCUT2D eigenvalue weighted by molar-refractivity contribution is 5.94. The number of nitro groups is 1. The van der Waals surface area contributed by atoms with Gasteiger partial charge in [-0.15, -0.1) is 0 Å². The van der Waals surface area contributed by atoms with Crippen molar-refractivity contribution in [3.8, 4) is 0 Å². The molecule has 8 nitrogen and oxygen atoms in total. The first-order valence-corrected chi connectivity index (χ1v) is 8.63. The normalized spacial score (nSPS) is 15.3. The van der Waals surface area contributed by atoms with Gasteiger partial charge in [-0.05, 0) is 45.0 Å². The number of carbonyl (C=O) groups excluding carboxylic acids is 1. The molecule has 2 aromatic rings. The van der Waals surface area contributed by atoms with E-state index in [1.165, 1.54) is 0 Å². The van der Waals surface area contributed by atoms with E-state index in [0.29, 0.717) is 18.1 Å². The molecule has 1 saturated heterocycles. The molecule has 2 heterocycles. The van der Waals surface area contributed by atoms with Crippen molar-refractivity contribution in [1.29, 1.82) is 0 Å². The molecule has 0 amide bonds. The van der Waals surface area contributed by atoms with Crippen molar-refractivity contribution in [1.82, 2.24) is 14.7 Å². The highest BCUT2D eigenvalue weighted by Crippen LogP contribution is 2.23. The van der Waals surface area contributed by atoms with E-state index >= 15 is 0 Å². The van der Waals surface area contributed by atoms with E-state index in [1.807, 2.05) is 24.3 Å². The second kappa shape index (κ2) is 7.25. The summed E-state index contributed by atoms with van der Waals surface area (Å²) in [6, 6.07) is 7.69. The monoisotopic (exact) mass is 357 g/mol. The second-order valence-electron chi connectivity index (χ2n) is 6.63. The van der Waals surface area contributed by atoms with Crippen LogP contribution in [-0.2, 0) is 6.67 Å². The van der Waals surface area contributed by atoms with Gasteiger partial charge in [0.05, 0.1) is 11.6 Å². The third-order valence-corrected chi connectivity index (χ3v) is 4.87. The molecule has 26 heavy (non-hydrogen) atoms. The van der Waals surface area contributed by atoms with Gasteiger partial charge in [0.25, 0.3) is 0 Å². The Morgan fingerprint density at radius 3 is 2.27 bits per heavy atom. The summed E-state index contributed by atoms with van der Waals surface area (Å²) in [7, 11) is 0. The molecule has 1 aromatic carbocycles. The van der Waals surface area contributed by atoms with Gasteiger partial charge in [0, 0.05) is 37.4 Å². The maximum atomic E-state index is 11.4. The van der Waals surface area contributed by atoms with E-state index in [2.05, 4.69) is 14.9 Å². The molecule has 3 rings (SSSR count). The van der Waals surface area contributed by atoms with Crippen molar-refractivity contribution >= 4 is 17.2 Å². The van der Waals surface area contributed by atoms with E-state index in [0.717, 1.165) is 37.4 Å². The fourth-order valence-corrected chi connectivity index (χ4v) is 3.33. The quantitative estimate of drug-likeness (QED) is 0.464. The highest BCUT2D eigenvalue weighted by atomic mass is 16.6. The number of nitrogens with zero attached hydrogens (tertiary/aromatic N) is 5. The number of hydrogen-bond acceptors (Lipinski definition) is 6. The lowest BCUT2D eigenvalue weighted by Crippen LogP contribution is -2.47. The van der Waals surface area contributed by atoms with Gasteiger partial charge in [-0.1, -0.05) is 0 Å². The summed E-state index contributed by atoms with van der Waals surface area (Å²) in [5, 5.41) is 15.4. The minimum atomic E-state index is -0.364. The molecule has 0 unspecified atom stereocenters. The third-order valence-electron chi connectivity index (χ3n) is 4.87. The zero-order chi connectivity index (χ0) is 18.8. The zero-order valence-electron chi connectivity index (χ0n) is 15.3. The summed E-state index contributed by atoms with van der Waals surface area (Å²) >= 11 is 0. The molecule has 0 aliphatic carbocycles. The molecule has 0 atom stereocenters. The number of benzene rings is 1. The maximum absolute atomic E-state index is 11.4. The second-order valence-corrected chi connectivity index (χ2v) is 6.63. The van der Waals surface area contributed by atoms with Gasteiger partial charge < -0.3 is 4.90 Å². The van der Waals surface area contributed by atoms with Crippen LogP contribution < -0.4 is 4.90 Å². The Kier molecular flexibility index (Phi) is 5.03. The number of anilines is 1. The van der Waals surface area contributed by atoms with E-state index in [4.69, 9.17) is 0 Å². The van der Waals surface area contributed by atoms with E-state index in [-0.39, 0.29) is 16.4 Å². The van der Waals surface area contributed by atoms with Crippen molar-refractivity contribution in [2.45, 2.75) is 27.4 Å². The molecule has 0 spiro atoms. The minimum Gasteiger partial charge on any atom is -0.369 e. The first kappa shape index (κ1) is 18.1. The summed E-state index contributed by atoms with van der Waals surface area (Å²) in [6.07, 6.45) is 0. The molecule has 0 N–H and O–H groups in total. The molecule has 1 aromatic heterocycles. The van der Waals surface area contributed by atoms with E-state index in [1.54, 1.807) is 25.5 Å². The van der Waals surface area contributed by atoms with Crippen LogP contribution in [0, 0.1) is 24.0 Å². The smallest absolute Gasteiger partial charge is 0.312 e. The van der Waals surface area contributed by atoms with Crippen LogP contribution >= 0.6 is 0 Å². The molecule has 0 radical (unpaired) electrons. The average molecular weight is 357 g/mol. The molecular weight excluding hydrogens is 334 g/mol. The minimum absolute atomic E-state index is 0.0698. The van der Waals surface area contributed by atoms with Crippen LogP contribution in [-0.4, -0.2) is 51.6 Å². The number of aromatic nitrogens is 2. The van der Waals surface area contributed by atoms with Crippen LogP contribution in [0.3, 0.4) is 0 Å². The Labute approximate surface area is 152 Å². The van der Waals surface area contributed by atoms with Crippen LogP contribution in [0.1, 0.15) is 28.7 Å². The van der Waals surface area contributed by atoms with Gasteiger partial charge >= 0.3 is 5.69 Å². The predicted molar refractivity (Wildman–Crippen MR) is 98.6 cm³/mol. The largest absolute Gasteiger partial charge is 0.369 e. The number of aryl methyl sites for hydroxylation is 1. The maximum Gasteiger partial charge on any atom is 0.312 e. The lowest BCUT2D eigenvalue weighted by atomic mass is 10.1. The lowest BCUT2D eigenvalue weighted by Gasteiger charge is -2.36. The zero-order valence-corrected chi connectivity index (χ0v) is 15.3. The molecule has 1 aliphatic heterocycles. The first-order valence-electron chi connectivity index (χ1n) is 8.63. The third kappa shape index (κ3) is 3.60. The Morgan fingerprint density at radius 2 is 1.77 bits per heavy atom. The van der Waals surface area contributed by atoms with Gasteiger partial charge in [-0.3, -0.25) is 19.8 Å². The van der Waals surface area contributed by atoms with Gasteiger partial charge in [0.15, 0.2) is 5.78 Å². The number of rotatable bonds is 5. The molecule has 1 fully saturated rings. The molecule has 0 saturated carbocycles. The highest BCUT2D eigenvalue weighted by Gasteiger charge is 2.24. The van der Waals surface area contributed by atoms with Gasteiger partial charge in [-0.25, -0.2) is 4.68 Å². The lowest BCUT2D eigenvalue weighted by molar-refractivity contribution is -0.386. The number of hydrogen-bond donors (Lipinski definition) is 0. The summed E-state index contributed by atoms with van der Waals surface area (Å²) in [4.78, 5) is 26.7. The van der Waals surface area contributed by atoms with Crippen molar-refractivity contribution < 1.29 is 9.72 Å². The van der Waals surface area contributed by atoms with Crippen molar-refractivity contribution in [3.63, 3.8) is 0 Å². The average Bonchev–Trinajstić information content (AvgIpc) is 2.89. The van der Waals surface area contributed by atoms with E-state index in [9.17, 15) is 14.9 Å². The van der Waals surface area contributed by atoms with Crippen LogP contribution in [0.15, 0.2) is 24.3 Å². The van der Waals surface area contributed by atoms with Gasteiger partial charge in [-0.2, -0.15) is 5.10 Å². The molecule has 1 aliphatic rings. The topological polar surface area (TPSA) is 84.5 Å². The fourth-order valence-electron chi connectivity index (χ4n) is 3.33. The molecule has 138 valence electrons. The molecule has 8 heteroatoms. The fraction of sp³-hybridized carbons (Fsp3) is 0.444. The Hall–Kier alpha value is -2.74. The van der Waals surface area contributed by atoms with E-state index < -0.39 is 0 Å². The summed E-state index contributed by atoms with van der Waals surface area (Å²) < 4.78 is 1.71. The number of carbonyl (C=O) groups is 1. The van der Waals surface area contributed by atoms with Crippen molar-refractivity contribution in [3.05, 3.63) is 51.3 Å². The van der Waals surface area contributed by atoms with Crippen LogP contribution in [0.2, 0.25) is 0 Å². The summed E-state index contributed by atoms with van der Waals surface area (Å²) in [5.41, 5.74) is 2.98. The number of piperazine rings is 1. The standard InChI is InChI=1S/C18H23N5O3/c1-13-18(23(25)26)14(2)22(19-13)12-20-8-10-21(11-9-20)17-6-4-16(5-7-17)15(3)24/h4-7H,8-12H2,1-3H3. The van der Waals surface area contributed by atoms with Crippen LogP contribution in [0.5, 0.6) is 0 Å². The Bertz CT molecular complexity index is 820. The molecular formula is C18H23N5O3. The van der Waals surface area contributed by atoms with Gasteiger partial charge in [0.1, 0.15) is 11.4 Å². The van der Waals surface area contributed by atoms with Gasteiger partial charge in [0.2, 0.25) is 0 Å². The number of ketones is 1. The van der Waals surface area contributed by atoms with Crippen molar-refractivity contribution in [2.75, 3.05) is 31.1 Å². The Balaban J connectivity index is 1.61. The van der Waals surface area contributed by atoms with Crippen molar-refractivity contribution in [2.24, 2.45) is 0 Å². The Morgan fingerprint density at radius 1 is 1.15 bits per heavy atom. The number of Topliss-reactive ketones (excluding diaryl/α,β-unsaturated/α-hetero) is 1. The van der Waals surface area contributed by atoms with Crippen LogP contribution in [0.4, 0.5) is 11.4 Å². The molecule has 0 bridgehead atoms.